The Morgan fingerprint density at radius 1 is 0.333 bits per heavy atom. The summed E-state index contributed by atoms with van der Waals surface area (Å²) in [6.07, 6.45) is 0. The predicted octanol–water partition coefficient (Wildman–Crippen LogP) is 15.2. The van der Waals surface area contributed by atoms with E-state index in [0.29, 0.717) is 0 Å². The van der Waals surface area contributed by atoms with Crippen molar-refractivity contribution in [3.8, 4) is 39.1 Å². The predicted molar refractivity (Wildman–Crippen MR) is 239 cm³/mol. The van der Waals surface area contributed by atoms with E-state index < -0.39 is 0 Å². The topological polar surface area (TPSA) is 21.3 Å². The highest BCUT2D eigenvalue weighted by Gasteiger charge is 2.20. The van der Waals surface area contributed by atoms with Crippen LogP contribution >= 0.6 is 0 Å². The van der Waals surface area contributed by atoms with E-state index in [0.717, 1.165) is 61.4 Å². The number of hydrogen-bond donors (Lipinski definition) is 0. The SMILES string of the molecule is c1ccc(-c2ccc(-c3cccc(N(c4cccc(-n5c6ccccc6c6ccccc65)c4)c4ccccc4-c4ccc5c(c4)oc4ccccc45)c3)cc2)cc1. The van der Waals surface area contributed by atoms with Crippen LogP contribution in [0.2, 0.25) is 0 Å². The molecule has 3 nitrogen and oxygen atoms in total. The Kier molecular flexibility index (Phi) is 7.82. The molecule has 0 aliphatic rings. The fraction of sp³-hybridized carbons (Fsp3) is 0. The molecule has 0 aliphatic heterocycles. The standard InChI is InChI=1S/C54H36N2O/c1-2-14-37(15-3-1)38-28-30-39(31-29-38)40-16-12-17-42(34-40)55(43-18-13-19-44(36-43)56-51-25-9-5-21-46(51)47-22-6-10-26-52(47)56)50-24-8-4-20-45(50)41-32-33-49-48-23-7-11-27-53(48)57-54(49)35-41/h1-36H. The zero-order valence-corrected chi connectivity index (χ0v) is 31.1. The lowest BCUT2D eigenvalue weighted by Gasteiger charge is -2.29. The van der Waals surface area contributed by atoms with Crippen molar-refractivity contribution in [3.05, 3.63) is 218 Å². The third-order valence-corrected chi connectivity index (χ3v) is 11.2. The van der Waals surface area contributed by atoms with Gasteiger partial charge in [-0.3, -0.25) is 0 Å². The van der Waals surface area contributed by atoms with E-state index in [1.165, 1.54) is 38.5 Å². The lowest BCUT2D eigenvalue weighted by molar-refractivity contribution is 0.669. The second-order valence-corrected chi connectivity index (χ2v) is 14.5. The van der Waals surface area contributed by atoms with E-state index in [-0.39, 0.29) is 0 Å². The molecule has 0 bridgehead atoms. The average molecular weight is 729 g/mol. The second kappa shape index (κ2) is 13.6. The van der Waals surface area contributed by atoms with E-state index in [9.17, 15) is 0 Å². The summed E-state index contributed by atoms with van der Waals surface area (Å²) in [5, 5.41) is 4.73. The number of rotatable bonds is 7. The lowest BCUT2D eigenvalue weighted by atomic mass is 9.98. The van der Waals surface area contributed by atoms with Crippen LogP contribution in [-0.2, 0) is 0 Å². The van der Waals surface area contributed by atoms with Crippen molar-refractivity contribution in [2.45, 2.75) is 0 Å². The van der Waals surface area contributed by atoms with Gasteiger partial charge in [0.05, 0.1) is 16.7 Å². The average Bonchev–Trinajstić information content (AvgIpc) is 3.83. The summed E-state index contributed by atoms with van der Waals surface area (Å²) in [7, 11) is 0. The highest BCUT2D eigenvalue weighted by atomic mass is 16.3. The van der Waals surface area contributed by atoms with E-state index in [2.05, 4.69) is 216 Å². The summed E-state index contributed by atoms with van der Waals surface area (Å²) in [6, 6.07) is 78.2. The van der Waals surface area contributed by atoms with Gasteiger partial charge in [0.1, 0.15) is 11.2 Å². The molecule has 0 saturated heterocycles. The molecule has 0 amide bonds. The third-order valence-electron chi connectivity index (χ3n) is 11.2. The summed E-state index contributed by atoms with van der Waals surface area (Å²) in [6.45, 7) is 0. The molecule has 9 aromatic carbocycles. The molecule has 0 aliphatic carbocycles. The van der Waals surface area contributed by atoms with Crippen LogP contribution in [0, 0.1) is 0 Å². The van der Waals surface area contributed by atoms with E-state index >= 15 is 0 Å². The maximum atomic E-state index is 6.40. The molecule has 0 saturated carbocycles. The van der Waals surface area contributed by atoms with Gasteiger partial charge in [-0.15, -0.1) is 0 Å². The lowest BCUT2D eigenvalue weighted by Crippen LogP contribution is -2.12. The Labute approximate surface area is 330 Å². The van der Waals surface area contributed by atoms with Crippen molar-refractivity contribution in [2.24, 2.45) is 0 Å². The van der Waals surface area contributed by atoms with Crippen molar-refractivity contribution in [1.82, 2.24) is 4.57 Å². The molecule has 11 aromatic rings. The molecule has 0 spiro atoms. The van der Waals surface area contributed by atoms with Crippen molar-refractivity contribution in [3.63, 3.8) is 0 Å². The molecule has 268 valence electrons. The van der Waals surface area contributed by atoms with Crippen LogP contribution in [0.1, 0.15) is 0 Å². The molecule has 0 N–H and O–H groups in total. The number of nitrogens with zero attached hydrogens (tertiary/aromatic N) is 2. The molecule has 57 heavy (non-hydrogen) atoms. The van der Waals surface area contributed by atoms with E-state index in [1.807, 2.05) is 12.1 Å². The Morgan fingerprint density at radius 2 is 0.877 bits per heavy atom. The van der Waals surface area contributed by atoms with E-state index in [1.54, 1.807) is 0 Å². The minimum absolute atomic E-state index is 0.879. The number of furan rings is 1. The van der Waals surface area contributed by atoms with Gasteiger partial charge in [0.2, 0.25) is 0 Å². The maximum absolute atomic E-state index is 6.40. The quantitative estimate of drug-likeness (QED) is 0.163. The molecule has 11 rings (SSSR count). The first kappa shape index (κ1) is 32.8. The first-order valence-corrected chi connectivity index (χ1v) is 19.4. The molecule has 2 aromatic heterocycles. The van der Waals surface area contributed by atoms with Crippen LogP contribution in [0.3, 0.4) is 0 Å². The fourth-order valence-electron chi connectivity index (χ4n) is 8.52. The zero-order valence-electron chi connectivity index (χ0n) is 31.1. The first-order valence-electron chi connectivity index (χ1n) is 19.4. The van der Waals surface area contributed by atoms with Crippen molar-refractivity contribution in [1.29, 1.82) is 0 Å². The molecular weight excluding hydrogens is 693 g/mol. The normalized spacial score (nSPS) is 11.5. The Balaban J connectivity index is 1.09. The Hall–Kier alpha value is -7.62. The van der Waals surface area contributed by atoms with Crippen molar-refractivity contribution < 1.29 is 4.42 Å². The second-order valence-electron chi connectivity index (χ2n) is 14.5. The zero-order chi connectivity index (χ0) is 37.7. The van der Waals surface area contributed by atoms with E-state index in [4.69, 9.17) is 4.42 Å². The Morgan fingerprint density at radius 3 is 1.65 bits per heavy atom. The van der Waals surface area contributed by atoms with Crippen LogP contribution in [-0.4, -0.2) is 4.57 Å². The number of anilines is 3. The van der Waals surface area contributed by atoms with Crippen molar-refractivity contribution in [2.75, 3.05) is 4.90 Å². The van der Waals surface area contributed by atoms with Gasteiger partial charge in [0.25, 0.3) is 0 Å². The monoisotopic (exact) mass is 728 g/mol. The van der Waals surface area contributed by atoms with Crippen molar-refractivity contribution >= 4 is 60.8 Å². The van der Waals surface area contributed by atoms with Gasteiger partial charge in [0, 0.05) is 44.2 Å². The van der Waals surface area contributed by atoms with Gasteiger partial charge in [0.15, 0.2) is 0 Å². The highest BCUT2D eigenvalue weighted by Crippen LogP contribution is 2.44. The number of benzene rings is 9. The van der Waals surface area contributed by atoms with Gasteiger partial charge >= 0.3 is 0 Å². The van der Waals surface area contributed by atoms with Gasteiger partial charge in [-0.1, -0.05) is 152 Å². The minimum Gasteiger partial charge on any atom is -0.456 e. The molecule has 0 unspecified atom stereocenters. The number of para-hydroxylation sites is 4. The summed E-state index contributed by atoms with van der Waals surface area (Å²) in [5.74, 6) is 0. The molecule has 2 heterocycles. The van der Waals surface area contributed by atoms with Gasteiger partial charge in [-0.05, 0) is 94.5 Å². The highest BCUT2D eigenvalue weighted by molar-refractivity contribution is 6.09. The first-order chi connectivity index (χ1) is 28.3. The number of hydrogen-bond acceptors (Lipinski definition) is 2. The van der Waals surface area contributed by atoms with Crippen LogP contribution in [0.4, 0.5) is 17.1 Å². The van der Waals surface area contributed by atoms with Crippen LogP contribution in [0.25, 0.3) is 82.8 Å². The summed E-state index contributed by atoms with van der Waals surface area (Å²) in [5.41, 5.74) is 15.4. The number of aromatic nitrogens is 1. The molecule has 3 heteroatoms. The maximum Gasteiger partial charge on any atom is 0.136 e. The molecular formula is C54H36N2O. The largest absolute Gasteiger partial charge is 0.456 e. The smallest absolute Gasteiger partial charge is 0.136 e. The van der Waals surface area contributed by atoms with Crippen LogP contribution in [0.5, 0.6) is 0 Å². The molecule has 0 atom stereocenters. The number of fused-ring (bicyclic) bond motifs is 6. The summed E-state index contributed by atoms with van der Waals surface area (Å²) >= 11 is 0. The summed E-state index contributed by atoms with van der Waals surface area (Å²) in [4.78, 5) is 2.40. The molecule has 0 fully saturated rings. The van der Waals surface area contributed by atoms with Crippen LogP contribution in [0.15, 0.2) is 223 Å². The third kappa shape index (κ3) is 5.68. The Bertz CT molecular complexity index is 3190. The minimum atomic E-state index is 0.879. The molecule has 0 radical (unpaired) electrons. The van der Waals surface area contributed by atoms with Gasteiger partial charge in [-0.2, -0.15) is 0 Å². The summed E-state index contributed by atoms with van der Waals surface area (Å²) < 4.78 is 8.78. The fourth-order valence-corrected chi connectivity index (χ4v) is 8.52. The van der Waals surface area contributed by atoms with Gasteiger partial charge in [-0.25, -0.2) is 0 Å². The van der Waals surface area contributed by atoms with Crippen LogP contribution < -0.4 is 4.90 Å². The van der Waals surface area contributed by atoms with Gasteiger partial charge < -0.3 is 13.9 Å².